The smallest absolute Gasteiger partial charge is 0.321 e. The number of nitrogens with zero attached hydrogens (tertiary/aromatic N) is 2. The predicted octanol–water partition coefficient (Wildman–Crippen LogP) is 2.98. The molecule has 2 fully saturated rings. The van der Waals surface area contributed by atoms with Crippen molar-refractivity contribution in [3.63, 3.8) is 0 Å². The molecule has 2 aliphatic heterocycles. The van der Waals surface area contributed by atoms with E-state index in [1.807, 2.05) is 24.0 Å². The highest BCUT2D eigenvalue weighted by molar-refractivity contribution is 6.31. The SMILES string of the molecule is Cc1ccc(NC(=O)N2CCN(CC3CCCO3)CC2)cc1Cl. The Kier molecular flexibility index (Phi) is 5.41. The van der Waals surface area contributed by atoms with Gasteiger partial charge in [0.2, 0.25) is 0 Å². The number of urea groups is 1. The molecule has 1 atom stereocenters. The van der Waals surface area contributed by atoms with E-state index in [1.165, 1.54) is 6.42 Å². The van der Waals surface area contributed by atoms with Crippen LogP contribution in [0.1, 0.15) is 18.4 Å². The zero-order chi connectivity index (χ0) is 16.2. The van der Waals surface area contributed by atoms with Crippen molar-refractivity contribution in [3.05, 3.63) is 28.8 Å². The molecule has 0 radical (unpaired) electrons. The summed E-state index contributed by atoms with van der Waals surface area (Å²) in [4.78, 5) is 16.6. The second-order valence-electron chi connectivity index (χ2n) is 6.32. The van der Waals surface area contributed by atoms with Gasteiger partial charge in [0.1, 0.15) is 0 Å². The van der Waals surface area contributed by atoms with Gasteiger partial charge in [-0.2, -0.15) is 0 Å². The number of rotatable bonds is 3. The summed E-state index contributed by atoms with van der Waals surface area (Å²) in [5.41, 5.74) is 1.75. The van der Waals surface area contributed by atoms with Crippen LogP contribution in [0.25, 0.3) is 0 Å². The third kappa shape index (κ3) is 4.37. The standard InChI is InChI=1S/C17H24ClN3O2/c1-13-4-5-14(11-16(13)18)19-17(22)21-8-6-20(7-9-21)12-15-3-2-10-23-15/h4-5,11,15H,2-3,6-10,12H2,1H3,(H,19,22). The van der Waals surface area contributed by atoms with E-state index >= 15 is 0 Å². The molecule has 3 rings (SSSR count). The number of carbonyl (C=O) groups excluding carboxylic acids is 1. The van der Waals surface area contributed by atoms with Gasteiger partial charge in [-0.3, -0.25) is 4.90 Å². The average molecular weight is 338 g/mol. The first-order valence-corrected chi connectivity index (χ1v) is 8.65. The number of amides is 2. The Morgan fingerprint density at radius 3 is 2.78 bits per heavy atom. The Morgan fingerprint density at radius 1 is 1.35 bits per heavy atom. The normalized spacial score (nSPS) is 22.3. The molecule has 1 aromatic carbocycles. The highest BCUT2D eigenvalue weighted by atomic mass is 35.5. The summed E-state index contributed by atoms with van der Waals surface area (Å²) in [7, 11) is 0. The van der Waals surface area contributed by atoms with Crippen molar-refractivity contribution < 1.29 is 9.53 Å². The summed E-state index contributed by atoms with van der Waals surface area (Å²) < 4.78 is 5.68. The Balaban J connectivity index is 1.46. The summed E-state index contributed by atoms with van der Waals surface area (Å²) in [6, 6.07) is 5.54. The van der Waals surface area contributed by atoms with Gasteiger partial charge in [0.05, 0.1) is 6.10 Å². The van der Waals surface area contributed by atoms with Gasteiger partial charge in [0, 0.05) is 50.0 Å². The minimum absolute atomic E-state index is 0.0540. The van der Waals surface area contributed by atoms with E-state index in [0.717, 1.165) is 57.0 Å². The van der Waals surface area contributed by atoms with Crippen molar-refractivity contribution in [2.45, 2.75) is 25.9 Å². The van der Waals surface area contributed by atoms with Crippen LogP contribution >= 0.6 is 11.6 Å². The van der Waals surface area contributed by atoms with Gasteiger partial charge in [-0.15, -0.1) is 0 Å². The highest BCUT2D eigenvalue weighted by Gasteiger charge is 2.24. The van der Waals surface area contributed by atoms with Crippen molar-refractivity contribution in [2.24, 2.45) is 0 Å². The second-order valence-corrected chi connectivity index (χ2v) is 6.72. The van der Waals surface area contributed by atoms with Crippen LogP contribution in [0.2, 0.25) is 5.02 Å². The maximum absolute atomic E-state index is 12.3. The quantitative estimate of drug-likeness (QED) is 0.922. The van der Waals surface area contributed by atoms with Gasteiger partial charge in [0.15, 0.2) is 0 Å². The van der Waals surface area contributed by atoms with Gasteiger partial charge in [-0.25, -0.2) is 4.79 Å². The molecule has 0 aliphatic carbocycles. The fourth-order valence-corrected chi connectivity index (χ4v) is 3.26. The number of benzene rings is 1. The molecule has 2 saturated heterocycles. The molecule has 126 valence electrons. The lowest BCUT2D eigenvalue weighted by atomic mass is 10.2. The number of hydrogen-bond donors (Lipinski definition) is 1. The molecule has 6 heteroatoms. The second kappa shape index (κ2) is 7.51. The summed E-state index contributed by atoms with van der Waals surface area (Å²) >= 11 is 6.10. The lowest BCUT2D eigenvalue weighted by Gasteiger charge is -2.35. The molecule has 23 heavy (non-hydrogen) atoms. The highest BCUT2D eigenvalue weighted by Crippen LogP contribution is 2.20. The number of carbonyl (C=O) groups is 1. The molecule has 1 aromatic rings. The fraction of sp³-hybridized carbons (Fsp3) is 0.588. The van der Waals surface area contributed by atoms with Gasteiger partial charge in [-0.1, -0.05) is 17.7 Å². The van der Waals surface area contributed by atoms with Crippen molar-refractivity contribution in [3.8, 4) is 0 Å². The van der Waals surface area contributed by atoms with Gasteiger partial charge in [0.25, 0.3) is 0 Å². The molecule has 2 aliphatic rings. The molecule has 0 spiro atoms. The molecule has 0 aromatic heterocycles. The fourth-order valence-electron chi connectivity index (χ4n) is 3.08. The monoisotopic (exact) mass is 337 g/mol. The summed E-state index contributed by atoms with van der Waals surface area (Å²) in [5, 5.41) is 3.60. The zero-order valence-corrected chi connectivity index (χ0v) is 14.3. The summed E-state index contributed by atoms with van der Waals surface area (Å²) in [6.45, 7) is 7.14. The maximum atomic E-state index is 12.3. The topological polar surface area (TPSA) is 44.8 Å². The number of hydrogen-bond acceptors (Lipinski definition) is 3. The Hall–Kier alpha value is -1.30. The van der Waals surface area contributed by atoms with Crippen molar-refractivity contribution in [1.82, 2.24) is 9.80 Å². The number of aryl methyl sites for hydroxylation is 1. The van der Waals surface area contributed by atoms with E-state index in [-0.39, 0.29) is 6.03 Å². The van der Waals surface area contributed by atoms with Crippen LogP contribution in [-0.4, -0.2) is 61.3 Å². The van der Waals surface area contributed by atoms with Crippen LogP contribution in [0.15, 0.2) is 18.2 Å². The van der Waals surface area contributed by atoms with Crippen LogP contribution < -0.4 is 5.32 Å². The Bertz CT molecular complexity index is 553. The average Bonchev–Trinajstić information content (AvgIpc) is 3.04. The third-order valence-corrected chi connectivity index (χ3v) is 4.98. The van der Waals surface area contributed by atoms with Crippen LogP contribution in [-0.2, 0) is 4.74 Å². The van der Waals surface area contributed by atoms with Crippen molar-refractivity contribution in [1.29, 1.82) is 0 Å². The Labute approximate surface area is 142 Å². The van der Waals surface area contributed by atoms with Crippen molar-refractivity contribution >= 4 is 23.3 Å². The predicted molar refractivity (Wildman–Crippen MR) is 92.2 cm³/mol. The minimum Gasteiger partial charge on any atom is -0.377 e. The van der Waals surface area contributed by atoms with E-state index in [4.69, 9.17) is 16.3 Å². The molecule has 0 bridgehead atoms. The number of nitrogens with one attached hydrogen (secondary N) is 1. The lowest BCUT2D eigenvalue weighted by Crippen LogP contribution is -2.51. The van der Waals surface area contributed by atoms with Crippen molar-refractivity contribution in [2.75, 3.05) is 44.6 Å². The molecule has 0 saturated carbocycles. The first kappa shape index (κ1) is 16.6. The first-order valence-electron chi connectivity index (χ1n) is 8.28. The first-order chi connectivity index (χ1) is 11.1. The molecular weight excluding hydrogens is 314 g/mol. The molecule has 5 nitrogen and oxygen atoms in total. The third-order valence-electron chi connectivity index (χ3n) is 4.57. The molecule has 1 unspecified atom stereocenters. The van der Waals surface area contributed by atoms with E-state index in [9.17, 15) is 4.79 Å². The Morgan fingerprint density at radius 2 is 2.13 bits per heavy atom. The van der Waals surface area contributed by atoms with Crippen LogP contribution in [0.3, 0.4) is 0 Å². The van der Waals surface area contributed by atoms with Gasteiger partial charge < -0.3 is 15.0 Å². The zero-order valence-electron chi connectivity index (χ0n) is 13.6. The summed E-state index contributed by atoms with van der Waals surface area (Å²) in [6.07, 6.45) is 2.71. The number of anilines is 1. The van der Waals surface area contributed by atoms with E-state index in [2.05, 4.69) is 10.2 Å². The number of piperazine rings is 1. The van der Waals surface area contributed by atoms with Crippen LogP contribution in [0, 0.1) is 6.92 Å². The molecular formula is C17H24ClN3O2. The van der Waals surface area contributed by atoms with Crippen LogP contribution in [0.4, 0.5) is 10.5 Å². The van der Waals surface area contributed by atoms with E-state index < -0.39 is 0 Å². The van der Waals surface area contributed by atoms with E-state index in [1.54, 1.807) is 6.07 Å². The largest absolute Gasteiger partial charge is 0.377 e. The number of halogens is 1. The minimum atomic E-state index is -0.0540. The lowest BCUT2D eigenvalue weighted by molar-refractivity contribution is 0.0572. The molecule has 1 N–H and O–H groups in total. The van der Waals surface area contributed by atoms with E-state index in [0.29, 0.717) is 11.1 Å². The van der Waals surface area contributed by atoms with Gasteiger partial charge in [-0.05, 0) is 37.5 Å². The summed E-state index contributed by atoms with van der Waals surface area (Å²) in [5.74, 6) is 0. The molecule has 2 amide bonds. The van der Waals surface area contributed by atoms with Crippen LogP contribution in [0.5, 0.6) is 0 Å². The van der Waals surface area contributed by atoms with Gasteiger partial charge >= 0.3 is 6.03 Å². The molecule has 2 heterocycles. The maximum Gasteiger partial charge on any atom is 0.321 e. The number of ether oxygens (including phenoxy) is 1.